The van der Waals surface area contributed by atoms with Gasteiger partial charge in [-0.3, -0.25) is 9.97 Å². The first-order valence-corrected chi connectivity index (χ1v) is 5.33. The first kappa shape index (κ1) is 11.3. The van der Waals surface area contributed by atoms with Crippen LogP contribution in [0.2, 0.25) is 0 Å². The Kier molecular flexibility index (Phi) is 2.58. The summed E-state index contributed by atoms with van der Waals surface area (Å²) in [7, 11) is 0. The van der Waals surface area contributed by atoms with E-state index in [2.05, 4.69) is 26.0 Å². The molecule has 0 bridgehead atoms. The fraction of sp³-hybridized carbons (Fsp3) is 0. The first-order chi connectivity index (χ1) is 8.45. The van der Waals surface area contributed by atoms with Crippen molar-refractivity contribution in [2.75, 3.05) is 0 Å². The van der Waals surface area contributed by atoms with Crippen LogP contribution < -0.4 is 4.98 Å². The van der Waals surface area contributed by atoms with Crippen molar-refractivity contribution in [3.63, 3.8) is 0 Å². The van der Waals surface area contributed by atoms with Crippen LogP contribution in [0.15, 0.2) is 43.1 Å². The summed E-state index contributed by atoms with van der Waals surface area (Å²) in [4.78, 5) is 17.2. The molecule has 1 aromatic carbocycles. The predicted octanol–water partition coefficient (Wildman–Crippen LogP) is 2.29. The number of pyridine rings is 2. The van der Waals surface area contributed by atoms with Crippen molar-refractivity contribution in [2.45, 2.75) is 0 Å². The van der Waals surface area contributed by atoms with E-state index in [9.17, 15) is 0 Å². The van der Waals surface area contributed by atoms with E-state index in [1.807, 2.05) is 18.3 Å². The van der Waals surface area contributed by atoms with Crippen LogP contribution in [0.25, 0.3) is 32.7 Å². The molecular weight excluding hydrogens is 404 g/mol. The van der Waals surface area contributed by atoms with E-state index in [1.54, 1.807) is 18.7 Å². The van der Waals surface area contributed by atoms with Crippen molar-refractivity contribution in [2.24, 2.45) is 0 Å². The third-order valence-corrected chi connectivity index (χ3v) is 3.00. The normalized spacial score (nSPS) is 10.9. The molecule has 89 valence electrons. The fourth-order valence-corrected chi connectivity index (χ4v) is 2.27. The summed E-state index contributed by atoms with van der Waals surface area (Å²) in [5.74, 6) is 0. The van der Waals surface area contributed by atoms with E-state index < -0.39 is 0 Å². The third kappa shape index (κ3) is 1.38. The maximum Gasteiger partial charge on any atom is 0.0742 e. The first-order valence-electron chi connectivity index (χ1n) is 5.33. The van der Waals surface area contributed by atoms with Crippen molar-refractivity contribution < 1.29 is 20.1 Å². The molecule has 3 aromatic heterocycles. The number of nitrogens with zero attached hydrogens (tertiary/aromatic N) is 4. The van der Waals surface area contributed by atoms with Crippen molar-refractivity contribution in [1.82, 2.24) is 19.9 Å². The number of imidazole rings is 1. The van der Waals surface area contributed by atoms with Crippen LogP contribution in [-0.2, 0) is 20.1 Å². The zero-order chi connectivity index (χ0) is 11.2. The second-order valence-electron chi connectivity index (χ2n) is 3.89. The molecule has 0 amide bonds. The average Bonchev–Trinajstić information content (AvgIpc) is 2.89. The van der Waals surface area contributed by atoms with Crippen LogP contribution in [0, 0.1) is 0 Å². The molecule has 0 fully saturated rings. The standard InChI is InChI=1S/C13H7N4.Ir/c1-2-9-8-3-5-14-6-10(8)12-13(17-7-16-12)11(9)15-4-1;/h1-7H;/q-1;. The van der Waals surface area contributed by atoms with Crippen LogP contribution in [-0.4, -0.2) is 15.0 Å². The summed E-state index contributed by atoms with van der Waals surface area (Å²) >= 11 is 0. The minimum atomic E-state index is 0. The average molecular weight is 411 g/mol. The van der Waals surface area contributed by atoms with E-state index >= 15 is 0 Å². The molecule has 0 saturated carbocycles. The molecule has 1 radical (unpaired) electrons. The van der Waals surface area contributed by atoms with Crippen LogP contribution in [0.5, 0.6) is 0 Å². The maximum absolute atomic E-state index is 4.41. The summed E-state index contributed by atoms with van der Waals surface area (Å²) < 4.78 is 0. The third-order valence-electron chi connectivity index (χ3n) is 3.00. The van der Waals surface area contributed by atoms with Gasteiger partial charge in [0.1, 0.15) is 0 Å². The minimum Gasteiger partial charge on any atom is -0.442 e. The van der Waals surface area contributed by atoms with Gasteiger partial charge >= 0.3 is 0 Å². The summed E-state index contributed by atoms with van der Waals surface area (Å²) in [5, 5.41) is 3.24. The van der Waals surface area contributed by atoms with Crippen LogP contribution >= 0.6 is 0 Å². The van der Waals surface area contributed by atoms with Gasteiger partial charge in [-0.15, -0.1) is 0 Å². The van der Waals surface area contributed by atoms with Gasteiger partial charge in [0.05, 0.1) is 5.52 Å². The zero-order valence-corrected chi connectivity index (χ0v) is 11.6. The van der Waals surface area contributed by atoms with E-state index in [0.717, 1.165) is 32.7 Å². The quantitative estimate of drug-likeness (QED) is 0.417. The van der Waals surface area contributed by atoms with E-state index in [4.69, 9.17) is 0 Å². The molecule has 0 aliphatic carbocycles. The van der Waals surface area contributed by atoms with Crippen LogP contribution in [0.4, 0.5) is 0 Å². The Morgan fingerprint density at radius 3 is 2.72 bits per heavy atom. The van der Waals surface area contributed by atoms with Gasteiger partial charge in [-0.2, -0.15) is 0 Å². The zero-order valence-electron chi connectivity index (χ0n) is 9.16. The molecule has 0 aliphatic heterocycles. The van der Waals surface area contributed by atoms with Crippen molar-refractivity contribution in [1.29, 1.82) is 0 Å². The number of benzene rings is 1. The summed E-state index contributed by atoms with van der Waals surface area (Å²) in [6, 6.07) is 5.98. The van der Waals surface area contributed by atoms with Gasteiger partial charge in [0.25, 0.3) is 0 Å². The smallest absolute Gasteiger partial charge is 0.0742 e. The maximum atomic E-state index is 4.41. The van der Waals surface area contributed by atoms with Crippen LogP contribution in [0.1, 0.15) is 0 Å². The SMILES string of the molecule is [Ir].c1cnc2c(c1)c1ccncc1c1nc[n-]c21. The molecule has 4 aromatic rings. The number of hydrogen-bond acceptors (Lipinski definition) is 3. The molecule has 4 rings (SSSR count). The molecular formula is C13H7IrN4-. The molecule has 0 spiro atoms. The Hall–Kier alpha value is -1.84. The fourth-order valence-electron chi connectivity index (χ4n) is 2.27. The Morgan fingerprint density at radius 2 is 1.78 bits per heavy atom. The Morgan fingerprint density at radius 1 is 0.889 bits per heavy atom. The van der Waals surface area contributed by atoms with E-state index in [1.165, 1.54) is 0 Å². The number of aromatic nitrogens is 4. The monoisotopic (exact) mass is 412 g/mol. The molecule has 4 nitrogen and oxygen atoms in total. The predicted molar refractivity (Wildman–Crippen MR) is 65.7 cm³/mol. The number of hydrogen-bond donors (Lipinski definition) is 0. The summed E-state index contributed by atoms with van der Waals surface area (Å²) in [6.07, 6.45) is 6.98. The molecule has 0 N–H and O–H groups in total. The largest absolute Gasteiger partial charge is 0.442 e. The second kappa shape index (κ2) is 4.12. The molecule has 0 aliphatic rings. The summed E-state index contributed by atoms with van der Waals surface area (Å²) in [6.45, 7) is 0. The van der Waals surface area contributed by atoms with Crippen LogP contribution in [0.3, 0.4) is 0 Å². The molecule has 0 atom stereocenters. The van der Waals surface area contributed by atoms with Gasteiger partial charge in [0.15, 0.2) is 0 Å². The topological polar surface area (TPSA) is 52.8 Å². The van der Waals surface area contributed by atoms with Gasteiger partial charge in [0, 0.05) is 49.5 Å². The molecule has 3 heterocycles. The van der Waals surface area contributed by atoms with Gasteiger partial charge in [-0.05, 0) is 28.6 Å². The van der Waals surface area contributed by atoms with Crippen molar-refractivity contribution >= 4 is 32.7 Å². The molecule has 0 saturated heterocycles. The van der Waals surface area contributed by atoms with Crippen molar-refractivity contribution in [3.05, 3.63) is 43.1 Å². The van der Waals surface area contributed by atoms with E-state index in [0.29, 0.717) is 0 Å². The Bertz CT molecular complexity index is 783. The van der Waals surface area contributed by atoms with E-state index in [-0.39, 0.29) is 20.1 Å². The molecule has 0 unspecified atom stereocenters. The van der Waals surface area contributed by atoms with Crippen molar-refractivity contribution in [3.8, 4) is 0 Å². The number of rotatable bonds is 0. The Balaban J connectivity index is 0.000001000. The van der Waals surface area contributed by atoms with Gasteiger partial charge in [-0.1, -0.05) is 12.4 Å². The minimum absolute atomic E-state index is 0. The van der Waals surface area contributed by atoms with Gasteiger partial charge in [0.2, 0.25) is 0 Å². The molecule has 18 heavy (non-hydrogen) atoms. The molecule has 5 heteroatoms. The van der Waals surface area contributed by atoms with Gasteiger partial charge < -0.3 is 9.97 Å². The van der Waals surface area contributed by atoms with Gasteiger partial charge in [-0.25, -0.2) is 0 Å². The summed E-state index contributed by atoms with van der Waals surface area (Å²) in [5.41, 5.74) is 2.62. The number of fused-ring (bicyclic) bond motifs is 6. The Labute approximate surface area is 116 Å². The second-order valence-corrected chi connectivity index (χ2v) is 3.89.